The molecule has 0 atom stereocenters. The lowest BCUT2D eigenvalue weighted by molar-refractivity contribution is 0.0732. The Morgan fingerprint density at radius 3 is 2.77 bits per heavy atom. The van der Waals surface area contributed by atoms with Gasteiger partial charge < -0.3 is 14.4 Å². The zero-order valence-corrected chi connectivity index (χ0v) is 17.9. The van der Waals surface area contributed by atoms with E-state index in [1.54, 1.807) is 30.1 Å². The molecule has 1 amide bonds. The number of carbonyl (C=O) groups is 1. The van der Waals surface area contributed by atoms with E-state index in [4.69, 9.17) is 0 Å². The predicted molar refractivity (Wildman–Crippen MR) is 118 cm³/mol. The van der Waals surface area contributed by atoms with E-state index in [9.17, 15) is 4.79 Å². The maximum absolute atomic E-state index is 13.3. The fourth-order valence-electron chi connectivity index (χ4n) is 3.21. The highest BCUT2D eigenvalue weighted by Gasteiger charge is 2.18. The Morgan fingerprint density at radius 2 is 2.03 bits per heavy atom. The van der Waals surface area contributed by atoms with Crippen molar-refractivity contribution in [1.29, 1.82) is 0 Å². The van der Waals surface area contributed by atoms with Crippen molar-refractivity contribution in [1.82, 2.24) is 29.3 Å². The molecule has 0 saturated carbocycles. The Kier molecular flexibility index (Phi) is 6.15. The molecule has 30 heavy (non-hydrogen) atoms. The number of pyridine rings is 2. The Labute approximate surface area is 179 Å². The van der Waals surface area contributed by atoms with Crippen molar-refractivity contribution < 1.29 is 4.79 Å². The SMILES string of the molecule is CN(C)CCN(Cc1ccsc1)C(=O)c1cnc2c(c1)ncn2Cc1ccccn1. The summed E-state index contributed by atoms with van der Waals surface area (Å²) in [5.41, 5.74) is 4.08. The predicted octanol–water partition coefficient (Wildman–Crippen LogP) is 3.14. The Balaban J connectivity index is 1.56. The van der Waals surface area contributed by atoms with E-state index >= 15 is 0 Å². The Bertz CT molecular complexity index is 1110. The highest BCUT2D eigenvalue weighted by Crippen LogP contribution is 2.17. The molecule has 0 bridgehead atoms. The van der Waals surface area contributed by atoms with Crippen LogP contribution < -0.4 is 0 Å². The van der Waals surface area contributed by atoms with Crippen LogP contribution in [0, 0.1) is 0 Å². The number of thiophene rings is 1. The lowest BCUT2D eigenvalue weighted by Gasteiger charge is -2.24. The number of rotatable bonds is 8. The van der Waals surface area contributed by atoms with Crippen molar-refractivity contribution in [3.8, 4) is 0 Å². The highest BCUT2D eigenvalue weighted by molar-refractivity contribution is 7.07. The van der Waals surface area contributed by atoms with Crippen LogP contribution in [0.1, 0.15) is 21.6 Å². The van der Waals surface area contributed by atoms with Crippen molar-refractivity contribution in [2.24, 2.45) is 0 Å². The van der Waals surface area contributed by atoms with Crippen molar-refractivity contribution in [2.75, 3.05) is 27.2 Å². The van der Waals surface area contributed by atoms with Gasteiger partial charge in [0.2, 0.25) is 0 Å². The quantitative estimate of drug-likeness (QED) is 0.438. The number of carbonyl (C=O) groups excluding carboxylic acids is 1. The minimum atomic E-state index is -0.0308. The van der Waals surface area contributed by atoms with Gasteiger partial charge in [0.1, 0.15) is 5.52 Å². The largest absolute Gasteiger partial charge is 0.333 e. The topological polar surface area (TPSA) is 67.2 Å². The van der Waals surface area contributed by atoms with Crippen LogP contribution in [0.5, 0.6) is 0 Å². The summed E-state index contributed by atoms with van der Waals surface area (Å²) in [6, 6.07) is 9.71. The molecule has 0 aliphatic heterocycles. The summed E-state index contributed by atoms with van der Waals surface area (Å²) < 4.78 is 1.95. The third kappa shape index (κ3) is 4.72. The normalized spacial score (nSPS) is 11.3. The van der Waals surface area contributed by atoms with Crippen LogP contribution >= 0.6 is 11.3 Å². The highest BCUT2D eigenvalue weighted by atomic mass is 32.1. The molecular weight excluding hydrogens is 396 g/mol. The third-order valence-corrected chi connectivity index (χ3v) is 5.55. The summed E-state index contributed by atoms with van der Waals surface area (Å²) in [6.07, 6.45) is 5.17. The molecule has 0 N–H and O–H groups in total. The number of nitrogens with zero attached hydrogens (tertiary/aromatic N) is 6. The second-order valence-corrected chi connectivity index (χ2v) is 8.20. The van der Waals surface area contributed by atoms with Gasteiger partial charge in [-0.1, -0.05) is 6.07 Å². The van der Waals surface area contributed by atoms with Gasteiger partial charge in [0.25, 0.3) is 5.91 Å². The average Bonchev–Trinajstić information content (AvgIpc) is 3.41. The molecule has 4 rings (SSSR count). The van der Waals surface area contributed by atoms with E-state index in [0.717, 1.165) is 23.4 Å². The molecule has 0 aromatic carbocycles. The molecule has 0 radical (unpaired) electrons. The molecule has 0 fully saturated rings. The minimum Gasteiger partial charge on any atom is -0.333 e. The lowest BCUT2D eigenvalue weighted by atomic mass is 10.2. The van der Waals surface area contributed by atoms with E-state index in [1.165, 1.54) is 0 Å². The van der Waals surface area contributed by atoms with E-state index in [0.29, 0.717) is 30.7 Å². The number of amides is 1. The van der Waals surface area contributed by atoms with Crippen LogP contribution in [-0.2, 0) is 13.1 Å². The smallest absolute Gasteiger partial charge is 0.255 e. The van der Waals surface area contributed by atoms with Crippen LogP contribution in [-0.4, -0.2) is 62.4 Å². The molecule has 4 aromatic heterocycles. The number of likely N-dealkylation sites (N-methyl/N-ethyl adjacent to an activating group) is 1. The summed E-state index contributed by atoms with van der Waals surface area (Å²) in [4.78, 5) is 30.6. The number of hydrogen-bond acceptors (Lipinski definition) is 6. The summed E-state index contributed by atoms with van der Waals surface area (Å²) >= 11 is 1.64. The van der Waals surface area contributed by atoms with Crippen molar-refractivity contribution in [3.63, 3.8) is 0 Å². The van der Waals surface area contributed by atoms with Gasteiger partial charge in [-0.25, -0.2) is 9.97 Å². The van der Waals surface area contributed by atoms with E-state index in [-0.39, 0.29) is 5.91 Å². The van der Waals surface area contributed by atoms with Gasteiger partial charge in [0.15, 0.2) is 5.65 Å². The first kappa shape index (κ1) is 20.2. The molecule has 0 unspecified atom stereocenters. The van der Waals surface area contributed by atoms with Gasteiger partial charge in [0, 0.05) is 32.0 Å². The lowest BCUT2D eigenvalue weighted by Crippen LogP contribution is -2.36. The zero-order chi connectivity index (χ0) is 20.9. The summed E-state index contributed by atoms with van der Waals surface area (Å²) in [5, 5.41) is 4.11. The van der Waals surface area contributed by atoms with Crippen molar-refractivity contribution in [3.05, 3.63) is 76.6 Å². The van der Waals surface area contributed by atoms with Crippen molar-refractivity contribution >= 4 is 28.4 Å². The first-order chi connectivity index (χ1) is 14.6. The zero-order valence-electron chi connectivity index (χ0n) is 17.1. The standard InChI is InChI=1S/C22H24N6OS/c1-26(2)8-9-27(13-17-6-10-30-15-17)22(29)18-11-20-21(24-12-18)28(16-25-20)14-19-5-3-4-7-23-19/h3-7,10-12,15-16H,8-9,13-14H2,1-2H3. The number of aromatic nitrogens is 4. The van der Waals surface area contributed by atoms with Gasteiger partial charge in [0.05, 0.1) is 24.1 Å². The first-order valence-electron chi connectivity index (χ1n) is 9.76. The molecule has 4 heterocycles. The van der Waals surface area contributed by atoms with Gasteiger partial charge in [-0.2, -0.15) is 11.3 Å². The molecule has 7 nitrogen and oxygen atoms in total. The summed E-state index contributed by atoms with van der Waals surface area (Å²) in [5.74, 6) is -0.0308. The minimum absolute atomic E-state index is 0.0308. The second kappa shape index (κ2) is 9.15. The molecule has 0 saturated heterocycles. The van der Waals surface area contributed by atoms with Crippen LogP contribution in [0.15, 0.2) is 59.8 Å². The number of fused-ring (bicyclic) bond motifs is 1. The van der Waals surface area contributed by atoms with Crippen LogP contribution in [0.3, 0.4) is 0 Å². The second-order valence-electron chi connectivity index (χ2n) is 7.42. The van der Waals surface area contributed by atoms with Crippen LogP contribution in [0.2, 0.25) is 0 Å². The first-order valence-corrected chi connectivity index (χ1v) is 10.7. The van der Waals surface area contributed by atoms with Crippen LogP contribution in [0.4, 0.5) is 0 Å². The monoisotopic (exact) mass is 420 g/mol. The maximum atomic E-state index is 13.3. The Hall–Kier alpha value is -3.10. The van der Waals surface area contributed by atoms with Crippen molar-refractivity contribution in [2.45, 2.75) is 13.1 Å². The number of imidazole rings is 1. The van der Waals surface area contributed by atoms with E-state index in [2.05, 4.69) is 31.3 Å². The molecule has 154 valence electrons. The fraction of sp³-hybridized carbons (Fsp3) is 0.273. The Morgan fingerprint density at radius 1 is 1.13 bits per heavy atom. The molecule has 8 heteroatoms. The molecule has 4 aromatic rings. The summed E-state index contributed by atoms with van der Waals surface area (Å²) in [7, 11) is 4.02. The van der Waals surface area contributed by atoms with Crippen LogP contribution in [0.25, 0.3) is 11.2 Å². The van der Waals surface area contributed by atoms with E-state index < -0.39 is 0 Å². The fourth-order valence-corrected chi connectivity index (χ4v) is 3.87. The van der Waals surface area contributed by atoms with Gasteiger partial charge >= 0.3 is 0 Å². The summed E-state index contributed by atoms with van der Waals surface area (Å²) in [6.45, 7) is 2.62. The van der Waals surface area contributed by atoms with Gasteiger partial charge in [-0.05, 0) is 54.7 Å². The molecule has 0 spiro atoms. The molecule has 0 aliphatic rings. The molecular formula is C22H24N6OS. The average molecular weight is 421 g/mol. The van der Waals surface area contributed by atoms with Gasteiger partial charge in [-0.3, -0.25) is 9.78 Å². The molecule has 0 aliphatic carbocycles. The van der Waals surface area contributed by atoms with Gasteiger partial charge in [-0.15, -0.1) is 0 Å². The third-order valence-electron chi connectivity index (χ3n) is 4.82. The maximum Gasteiger partial charge on any atom is 0.255 e. The van der Waals surface area contributed by atoms with E-state index in [1.807, 2.05) is 53.2 Å². The number of hydrogen-bond donors (Lipinski definition) is 0.